The van der Waals surface area contributed by atoms with E-state index in [-0.39, 0.29) is 18.2 Å². The highest BCUT2D eigenvalue weighted by molar-refractivity contribution is 6.05. The first-order valence-electron chi connectivity index (χ1n) is 9.41. The molecule has 1 atom stereocenters. The number of para-hydroxylation sites is 3. The van der Waals surface area contributed by atoms with Crippen molar-refractivity contribution in [1.82, 2.24) is 9.55 Å². The Kier molecular flexibility index (Phi) is 4.09. The van der Waals surface area contributed by atoms with Gasteiger partial charge in [0.2, 0.25) is 11.8 Å². The SMILES string of the molecule is O=C1CC(C(=O)Nc2ccc(-n3cnc4ccccc43)cc2)c2ccccc2N1. The number of anilines is 2. The number of hydrogen-bond acceptors (Lipinski definition) is 3. The minimum atomic E-state index is -0.503. The average Bonchev–Trinajstić information content (AvgIpc) is 3.18. The van der Waals surface area contributed by atoms with Crippen LogP contribution in [0.25, 0.3) is 16.7 Å². The van der Waals surface area contributed by atoms with Crippen LogP contribution in [0.15, 0.2) is 79.1 Å². The maximum atomic E-state index is 12.9. The number of carbonyl (C=O) groups is 2. The lowest BCUT2D eigenvalue weighted by Gasteiger charge is -2.24. The molecule has 0 saturated heterocycles. The summed E-state index contributed by atoms with van der Waals surface area (Å²) >= 11 is 0. The molecule has 2 heterocycles. The van der Waals surface area contributed by atoms with Crippen molar-refractivity contribution in [3.8, 4) is 5.69 Å². The summed E-state index contributed by atoms with van der Waals surface area (Å²) in [5, 5.41) is 5.76. The van der Waals surface area contributed by atoms with Crippen LogP contribution in [0.4, 0.5) is 11.4 Å². The molecule has 0 bridgehead atoms. The van der Waals surface area contributed by atoms with E-state index in [2.05, 4.69) is 15.6 Å². The summed E-state index contributed by atoms with van der Waals surface area (Å²) in [6, 6.07) is 22.9. The zero-order valence-electron chi connectivity index (χ0n) is 15.5. The molecule has 0 aliphatic carbocycles. The topological polar surface area (TPSA) is 76.0 Å². The molecule has 0 saturated carbocycles. The second-order valence-corrected chi connectivity index (χ2v) is 7.03. The van der Waals surface area contributed by atoms with Crippen molar-refractivity contribution in [1.29, 1.82) is 0 Å². The Bertz CT molecular complexity index is 1230. The predicted octanol–water partition coefficient (Wildman–Crippen LogP) is 4.09. The van der Waals surface area contributed by atoms with Gasteiger partial charge in [-0.15, -0.1) is 0 Å². The van der Waals surface area contributed by atoms with Crippen molar-refractivity contribution in [2.45, 2.75) is 12.3 Å². The normalized spacial score (nSPS) is 15.6. The van der Waals surface area contributed by atoms with E-state index in [9.17, 15) is 9.59 Å². The van der Waals surface area contributed by atoms with Crippen LogP contribution in [0.3, 0.4) is 0 Å². The number of hydrogen-bond donors (Lipinski definition) is 2. The Morgan fingerprint density at radius 3 is 2.62 bits per heavy atom. The van der Waals surface area contributed by atoms with Crippen molar-refractivity contribution in [3.63, 3.8) is 0 Å². The molecule has 1 unspecified atom stereocenters. The van der Waals surface area contributed by atoms with E-state index in [0.29, 0.717) is 11.4 Å². The maximum absolute atomic E-state index is 12.9. The number of amides is 2. The number of benzene rings is 3. The number of aromatic nitrogens is 2. The van der Waals surface area contributed by atoms with Crippen LogP contribution in [0, 0.1) is 0 Å². The molecule has 4 aromatic rings. The van der Waals surface area contributed by atoms with Gasteiger partial charge in [0.1, 0.15) is 6.33 Å². The number of nitrogens with zero attached hydrogens (tertiary/aromatic N) is 2. The van der Waals surface area contributed by atoms with Gasteiger partial charge in [-0.3, -0.25) is 14.2 Å². The third-order valence-electron chi connectivity index (χ3n) is 5.18. The van der Waals surface area contributed by atoms with Gasteiger partial charge in [-0.25, -0.2) is 4.98 Å². The van der Waals surface area contributed by atoms with Crippen molar-refractivity contribution in [2.24, 2.45) is 0 Å². The summed E-state index contributed by atoms with van der Waals surface area (Å²) in [4.78, 5) is 29.2. The van der Waals surface area contributed by atoms with Gasteiger partial charge in [0.15, 0.2) is 0 Å². The smallest absolute Gasteiger partial charge is 0.232 e. The van der Waals surface area contributed by atoms with Crippen LogP contribution < -0.4 is 10.6 Å². The van der Waals surface area contributed by atoms with Gasteiger partial charge in [0.05, 0.1) is 17.0 Å². The van der Waals surface area contributed by atoms with Crippen molar-refractivity contribution >= 4 is 34.2 Å². The third-order valence-corrected chi connectivity index (χ3v) is 5.18. The fraction of sp³-hybridized carbons (Fsp3) is 0.0870. The van der Waals surface area contributed by atoms with Gasteiger partial charge in [-0.2, -0.15) is 0 Å². The van der Waals surface area contributed by atoms with E-state index < -0.39 is 5.92 Å². The summed E-state index contributed by atoms with van der Waals surface area (Å²) in [7, 11) is 0. The van der Waals surface area contributed by atoms with Crippen molar-refractivity contribution < 1.29 is 9.59 Å². The lowest BCUT2D eigenvalue weighted by atomic mass is 9.90. The minimum Gasteiger partial charge on any atom is -0.326 e. The van der Waals surface area contributed by atoms with Gasteiger partial charge >= 0.3 is 0 Å². The number of carbonyl (C=O) groups excluding carboxylic acids is 2. The van der Waals surface area contributed by atoms with E-state index in [4.69, 9.17) is 0 Å². The fourth-order valence-electron chi connectivity index (χ4n) is 3.74. The zero-order chi connectivity index (χ0) is 19.8. The standard InChI is InChI=1S/C23H18N4O2/c28-22-13-18(17-5-1-2-6-19(17)26-22)23(29)25-15-9-11-16(12-10-15)27-14-24-20-7-3-4-8-21(20)27/h1-12,14,18H,13H2,(H,25,29)(H,26,28). The van der Waals surface area contributed by atoms with Gasteiger partial charge in [-0.05, 0) is 48.0 Å². The molecule has 1 aliphatic heterocycles. The Labute approximate surface area is 167 Å². The molecule has 2 N–H and O–H groups in total. The van der Waals surface area contributed by atoms with Gasteiger partial charge in [0, 0.05) is 23.5 Å². The van der Waals surface area contributed by atoms with Crippen molar-refractivity contribution in [3.05, 3.63) is 84.7 Å². The molecular weight excluding hydrogens is 364 g/mol. The lowest BCUT2D eigenvalue weighted by Crippen LogP contribution is -2.30. The first kappa shape index (κ1) is 17.2. The highest BCUT2D eigenvalue weighted by Crippen LogP contribution is 2.33. The number of imidazole rings is 1. The predicted molar refractivity (Wildman–Crippen MR) is 112 cm³/mol. The molecule has 1 aromatic heterocycles. The van der Waals surface area contributed by atoms with Gasteiger partial charge in [-0.1, -0.05) is 30.3 Å². The molecule has 142 valence electrons. The van der Waals surface area contributed by atoms with E-state index in [1.807, 2.05) is 77.4 Å². The van der Waals surface area contributed by atoms with E-state index >= 15 is 0 Å². The summed E-state index contributed by atoms with van der Waals surface area (Å²) in [5.41, 5.74) is 5.14. The molecule has 6 nitrogen and oxygen atoms in total. The lowest BCUT2D eigenvalue weighted by molar-refractivity contribution is -0.123. The molecule has 6 heteroatoms. The number of rotatable bonds is 3. The highest BCUT2D eigenvalue weighted by atomic mass is 16.2. The third kappa shape index (κ3) is 3.14. The molecule has 2 amide bonds. The molecule has 0 radical (unpaired) electrons. The van der Waals surface area contributed by atoms with E-state index in [1.54, 1.807) is 6.33 Å². The van der Waals surface area contributed by atoms with Crippen LogP contribution >= 0.6 is 0 Å². The van der Waals surface area contributed by atoms with Crippen LogP contribution in [-0.2, 0) is 9.59 Å². The molecule has 0 spiro atoms. The Balaban J connectivity index is 1.38. The average molecular weight is 382 g/mol. The van der Waals surface area contributed by atoms with Crippen LogP contribution in [0.1, 0.15) is 17.9 Å². The summed E-state index contributed by atoms with van der Waals surface area (Å²) in [6.07, 6.45) is 1.93. The summed E-state index contributed by atoms with van der Waals surface area (Å²) in [6.45, 7) is 0. The molecule has 3 aromatic carbocycles. The van der Waals surface area contributed by atoms with E-state index in [0.717, 1.165) is 22.3 Å². The molecule has 5 rings (SSSR count). The molecule has 29 heavy (non-hydrogen) atoms. The Morgan fingerprint density at radius 2 is 1.76 bits per heavy atom. The van der Waals surface area contributed by atoms with Crippen LogP contribution in [0.2, 0.25) is 0 Å². The van der Waals surface area contributed by atoms with Gasteiger partial charge in [0.25, 0.3) is 0 Å². The first-order valence-corrected chi connectivity index (χ1v) is 9.41. The van der Waals surface area contributed by atoms with Crippen LogP contribution in [-0.4, -0.2) is 21.4 Å². The number of fused-ring (bicyclic) bond motifs is 2. The maximum Gasteiger partial charge on any atom is 0.232 e. The minimum absolute atomic E-state index is 0.141. The van der Waals surface area contributed by atoms with Gasteiger partial charge < -0.3 is 10.6 Å². The van der Waals surface area contributed by atoms with Crippen molar-refractivity contribution in [2.75, 3.05) is 10.6 Å². The Morgan fingerprint density at radius 1 is 1.00 bits per heavy atom. The summed E-state index contributed by atoms with van der Waals surface area (Å²) < 4.78 is 2.00. The zero-order valence-corrected chi connectivity index (χ0v) is 15.5. The molecule has 0 fully saturated rings. The summed E-state index contributed by atoms with van der Waals surface area (Å²) in [5.74, 6) is -0.837. The monoisotopic (exact) mass is 382 g/mol. The fourth-order valence-corrected chi connectivity index (χ4v) is 3.74. The van der Waals surface area contributed by atoms with Crippen LogP contribution in [0.5, 0.6) is 0 Å². The van der Waals surface area contributed by atoms with E-state index in [1.165, 1.54) is 0 Å². The highest BCUT2D eigenvalue weighted by Gasteiger charge is 2.30. The quantitative estimate of drug-likeness (QED) is 0.560. The molecular formula is C23H18N4O2. The second kappa shape index (κ2) is 6.91. The Hall–Kier alpha value is -3.93. The largest absolute Gasteiger partial charge is 0.326 e. The molecule has 1 aliphatic rings. The first-order chi connectivity index (χ1) is 14.2. The number of nitrogens with one attached hydrogen (secondary N) is 2. The second-order valence-electron chi connectivity index (χ2n) is 7.03.